The lowest BCUT2D eigenvalue weighted by Gasteiger charge is -1.95. The molecule has 12 nitrogen and oxygen atoms in total. The summed E-state index contributed by atoms with van der Waals surface area (Å²) < 4.78 is 9.88. The van der Waals surface area contributed by atoms with Crippen molar-refractivity contribution in [3.63, 3.8) is 0 Å². The summed E-state index contributed by atoms with van der Waals surface area (Å²) in [5.41, 5.74) is 9.50. The highest BCUT2D eigenvalue weighted by Gasteiger charge is 1.89. The summed E-state index contributed by atoms with van der Waals surface area (Å²) in [6.45, 7) is 0. The average molecular weight is 372 g/mol. The van der Waals surface area contributed by atoms with E-state index in [2.05, 4.69) is 11.5 Å². The third kappa shape index (κ3) is 18.4. The van der Waals surface area contributed by atoms with Gasteiger partial charge in [-0.1, -0.05) is 0 Å². The van der Waals surface area contributed by atoms with Gasteiger partial charge < -0.3 is 51.6 Å². The van der Waals surface area contributed by atoms with E-state index in [4.69, 9.17) is 40.1 Å². The predicted octanol–water partition coefficient (Wildman–Crippen LogP) is 0.659. The zero-order chi connectivity index (χ0) is 20.5. The highest BCUT2D eigenvalue weighted by Crippen LogP contribution is 2.11. The lowest BCUT2D eigenvalue weighted by atomic mass is 10.3. The van der Waals surface area contributed by atoms with Crippen molar-refractivity contribution in [3.05, 3.63) is 79.2 Å². The molecule has 0 aliphatic rings. The summed E-state index contributed by atoms with van der Waals surface area (Å²) in [5.74, 6) is 1.75. The Labute approximate surface area is 148 Å². The Hall–Kier alpha value is -3.64. The Morgan fingerprint density at radius 1 is 0.654 bits per heavy atom. The molecule has 2 aromatic carbocycles. The summed E-state index contributed by atoms with van der Waals surface area (Å²) in [5, 5.41) is 29.5. The molecule has 12 heteroatoms. The summed E-state index contributed by atoms with van der Waals surface area (Å²) in [6, 6.07) is 15.2. The average Bonchev–Trinajstić information content (AvgIpc) is 2.56. The predicted molar refractivity (Wildman–Crippen MR) is 91.8 cm³/mol. The lowest BCUT2D eigenvalue weighted by molar-refractivity contribution is -0.403. The molecule has 0 unspecified atom stereocenters. The molecule has 0 fully saturated rings. The maximum atomic E-state index is 8.25. The first-order valence-corrected chi connectivity index (χ1v) is 6.67. The minimum Gasteiger partial charge on any atom is -0.497 e. The Bertz CT molecular complexity index is 569. The maximum absolute atomic E-state index is 8.25. The molecule has 2 rings (SSSR count). The van der Waals surface area contributed by atoms with Crippen molar-refractivity contribution in [1.29, 1.82) is 0 Å². The Balaban J connectivity index is 0. The molecule has 0 aliphatic heterocycles. The summed E-state index contributed by atoms with van der Waals surface area (Å²) in [7, 11) is 3.30. The number of hydrogen-bond acceptors (Lipinski definition) is 8. The van der Waals surface area contributed by atoms with Crippen LogP contribution in [0, 0.1) is 30.6 Å². The second-order valence-electron chi connectivity index (χ2n) is 4.14. The van der Waals surface area contributed by atoms with E-state index in [1.54, 1.807) is 14.2 Å². The van der Waals surface area contributed by atoms with Crippen LogP contribution in [-0.2, 0) is 0 Å². The van der Waals surface area contributed by atoms with E-state index in [0.29, 0.717) is 0 Å². The van der Waals surface area contributed by atoms with Crippen molar-refractivity contribution >= 4 is 11.4 Å². The maximum Gasteiger partial charge on any atom is 0.128 e. The van der Waals surface area contributed by atoms with Gasteiger partial charge in [-0.15, -0.1) is 0 Å². The van der Waals surface area contributed by atoms with Gasteiger partial charge in [-0.2, -0.15) is 0 Å². The summed E-state index contributed by atoms with van der Waals surface area (Å²) in [4.78, 5) is 16.5. The molecular formula is C14H20N4O8. The molecule has 6 N–H and O–H groups in total. The fraction of sp³-hybridized carbons (Fsp3) is 0.143. The van der Waals surface area contributed by atoms with Gasteiger partial charge in [-0.25, -0.2) is 0 Å². The van der Waals surface area contributed by atoms with Crippen molar-refractivity contribution in [1.82, 2.24) is 0 Å². The van der Waals surface area contributed by atoms with E-state index in [1.165, 1.54) is 0 Å². The van der Waals surface area contributed by atoms with Crippen molar-refractivity contribution < 1.29 is 31.1 Å². The normalized spacial score (nSPS) is 8.15. The molecule has 144 valence electrons. The van der Waals surface area contributed by atoms with Crippen LogP contribution in [0.25, 0.3) is 0 Å². The SMILES string of the molecule is COc1ccc([NH3+])cc1.COc1ccc([NH3+])cc1.O=[N+]([O-])[O-].O=[N+]([O-])[O-]. The molecule has 0 atom stereocenters. The first-order chi connectivity index (χ1) is 12.1. The standard InChI is InChI=1S/2C7H9NO.2NO3/c2*1-9-7-4-2-6(8)3-5-7;2*2-1(3)4/h2*2-5H,8H2,1H3;;/q;;2*-1/p+2. The Morgan fingerprint density at radius 2 is 0.846 bits per heavy atom. The van der Waals surface area contributed by atoms with Crippen LogP contribution in [0.1, 0.15) is 0 Å². The van der Waals surface area contributed by atoms with Crippen LogP contribution in [0.15, 0.2) is 48.5 Å². The quantitative estimate of drug-likeness (QED) is 0.563. The molecule has 0 heterocycles. The van der Waals surface area contributed by atoms with Crippen LogP contribution in [0.3, 0.4) is 0 Å². The van der Waals surface area contributed by atoms with Gasteiger partial charge in [0.25, 0.3) is 0 Å². The molecule has 0 radical (unpaired) electrons. The highest BCUT2D eigenvalue weighted by molar-refractivity contribution is 5.35. The van der Waals surface area contributed by atoms with Crippen LogP contribution in [-0.4, -0.2) is 24.4 Å². The summed E-state index contributed by atoms with van der Waals surface area (Å²) >= 11 is 0. The summed E-state index contributed by atoms with van der Waals surface area (Å²) in [6.07, 6.45) is 0. The third-order valence-corrected chi connectivity index (χ3v) is 2.32. The third-order valence-electron chi connectivity index (χ3n) is 2.32. The Morgan fingerprint density at radius 3 is 1.00 bits per heavy atom. The zero-order valence-corrected chi connectivity index (χ0v) is 14.2. The number of quaternary nitrogens is 2. The number of ether oxygens (including phenoxy) is 2. The molecule has 0 saturated heterocycles. The number of hydrogen-bond donors (Lipinski definition) is 2. The van der Waals surface area contributed by atoms with Gasteiger partial charge in [0.2, 0.25) is 0 Å². The molecule has 2 aromatic rings. The van der Waals surface area contributed by atoms with Gasteiger partial charge in [-0.05, 0) is 24.3 Å². The number of benzene rings is 2. The van der Waals surface area contributed by atoms with E-state index in [1.807, 2.05) is 48.5 Å². The van der Waals surface area contributed by atoms with E-state index in [0.717, 1.165) is 22.9 Å². The van der Waals surface area contributed by atoms with Gasteiger partial charge in [0, 0.05) is 24.3 Å². The molecule has 0 amide bonds. The molecule has 0 aliphatic carbocycles. The molecule has 0 bridgehead atoms. The smallest absolute Gasteiger partial charge is 0.128 e. The minimum atomic E-state index is -1.75. The van der Waals surface area contributed by atoms with Crippen molar-refractivity contribution in [2.45, 2.75) is 0 Å². The van der Waals surface area contributed by atoms with Gasteiger partial charge in [-0.3, -0.25) is 0 Å². The van der Waals surface area contributed by atoms with Gasteiger partial charge >= 0.3 is 0 Å². The van der Waals surface area contributed by atoms with Crippen LogP contribution in [0.5, 0.6) is 11.5 Å². The topological polar surface area (TPSA) is 206 Å². The lowest BCUT2D eigenvalue weighted by Crippen LogP contribution is -2.39. The van der Waals surface area contributed by atoms with Crippen LogP contribution < -0.4 is 20.9 Å². The molecular weight excluding hydrogens is 352 g/mol. The largest absolute Gasteiger partial charge is 0.497 e. The number of methoxy groups -OCH3 is 2. The number of rotatable bonds is 2. The first-order valence-electron chi connectivity index (χ1n) is 6.67. The van der Waals surface area contributed by atoms with Crippen molar-refractivity contribution in [2.24, 2.45) is 0 Å². The second kappa shape index (κ2) is 14.9. The van der Waals surface area contributed by atoms with E-state index >= 15 is 0 Å². The molecule has 0 saturated carbocycles. The fourth-order valence-corrected chi connectivity index (χ4v) is 1.25. The molecule has 0 spiro atoms. The van der Waals surface area contributed by atoms with Gasteiger partial charge in [0.05, 0.1) is 24.4 Å². The highest BCUT2D eigenvalue weighted by atomic mass is 16.9. The second-order valence-corrected chi connectivity index (χ2v) is 4.14. The van der Waals surface area contributed by atoms with Crippen LogP contribution in [0.2, 0.25) is 0 Å². The molecule has 26 heavy (non-hydrogen) atoms. The van der Waals surface area contributed by atoms with Crippen LogP contribution >= 0.6 is 0 Å². The van der Waals surface area contributed by atoms with E-state index in [-0.39, 0.29) is 0 Å². The monoisotopic (exact) mass is 372 g/mol. The number of nitrogens with zero attached hydrogens (tertiary/aromatic N) is 2. The van der Waals surface area contributed by atoms with E-state index < -0.39 is 10.2 Å². The zero-order valence-electron chi connectivity index (χ0n) is 14.2. The molecule has 0 aromatic heterocycles. The van der Waals surface area contributed by atoms with Crippen molar-refractivity contribution in [3.8, 4) is 11.5 Å². The fourth-order valence-electron chi connectivity index (χ4n) is 1.25. The first kappa shape index (κ1) is 24.6. The Kier molecular flexibility index (Phi) is 14.1. The van der Waals surface area contributed by atoms with Crippen LogP contribution in [0.4, 0.5) is 11.4 Å². The minimum absolute atomic E-state index is 0.877. The van der Waals surface area contributed by atoms with Gasteiger partial charge in [0.1, 0.15) is 22.9 Å². The van der Waals surface area contributed by atoms with Gasteiger partial charge in [0.15, 0.2) is 0 Å². The van der Waals surface area contributed by atoms with E-state index in [9.17, 15) is 0 Å². The van der Waals surface area contributed by atoms with Crippen molar-refractivity contribution in [2.75, 3.05) is 14.2 Å².